The summed E-state index contributed by atoms with van der Waals surface area (Å²) in [6, 6.07) is 10.1. The lowest BCUT2D eigenvalue weighted by molar-refractivity contribution is -0.119. The van der Waals surface area contributed by atoms with E-state index in [1.54, 1.807) is 6.20 Å². The average Bonchev–Trinajstić information content (AvgIpc) is 3.46. The highest BCUT2D eigenvalue weighted by Gasteiger charge is 2.34. The molecule has 36 heavy (non-hydrogen) atoms. The number of aryl methyl sites for hydroxylation is 1. The van der Waals surface area contributed by atoms with E-state index in [9.17, 15) is 14.9 Å². The Morgan fingerprint density at radius 2 is 2.06 bits per heavy atom. The number of anilines is 3. The van der Waals surface area contributed by atoms with E-state index in [1.807, 2.05) is 63.8 Å². The third kappa shape index (κ3) is 5.10. The number of hydrogen-bond acceptors (Lipinski definition) is 8. The first kappa shape index (κ1) is 25.0. The molecule has 188 valence electrons. The van der Waals surface area contributed by atoms with Crippen molar-refractivity contribution in [3.05, 3.63) is 47.5 Å². The molecule has 2 aliphatic rings. The molecule has 1 atom stereocenters. The van der Waals surface area contributed by atoms with Gasteiger partial charge in [0.05, 0.1) is 23.0 Å². The first-order valence-corrected chi connectivity index (χ1v) is 12.0. The summed E-state index contributed by atoms with van der Waals surface area (Å²) in [7, 11) is 0. The Kier molecular flexibility index (Phi) is 6.84. The highest BCUT2D eigenvalue weighted by Crippen LogP contribution is 2.38. The molecular weight excluding hydrogens is 458 g/mol. The largest absolute Gasteiger partial charge is 0.444 e. The van der Waals surface area contributed by atoms with Gasteiger partial charge in [-0.3, -0.25) is 10.1 Å². The molecule has 3 heterocycles. The number of nitrogens with zero attached hydrogens (tertiary/aromatic N) is 5. The Morgan fingerprint density at radius 1 is 1.31 bits per heavy atom. The molecule has 10 nitrogen and oxygen atoms in total. The van der Waals surface area contributed by atoms with Crippen molar-refractivity contribution in [1.29, 1.82) is 5.26 Å². The number of allylic oxidation sites excluding steroid dienone is 1. The predicted molar refractivity (Wildman–Crippen MR) is 137 cm³/mol. The van der Waals surface area contributed by atoms with E-state index in [0.717, 1.165) is 11.4 Å². The molecule has 0 bridgehead atoms. The van der Waals surface area contributed by atoms with E-state index >= 15 is 0 Å². The van der Waals surface area contributed by atoms with Crippen LogP contribution >= 0.6 is 0 Å². The van der Waals surface area contributed by atoms with Crippen LogP contribution in [-0.2, 0) is 9.53 Å². The second-order valence-electron chi connectivity index (χ2n) is 9.85. The molecule has 1 aromatic heterocycles. The zero-order valence-electron chi connectivity index (χ0n) is 21.3. The fraction of sp³-hybridized carbons (Fsp3) is 0.423. The van der Waals surface area contributed by atoms with Gasteiger partial charge in [0.1, 0.15) is 23.1 Å². The molecule has 1 unspecified atom stereocenters. The second kappa shape index (κ2) is 9.85. The van der Waals surface area contributed by atoms with E-state index in [0.29, 0.717) is 42.2 Å². The van der Waals surface area contributed by atoms with E-state index in [-0.39, 0.29) is 18.4 Å². The number of amides is 2. The molecule has 0 saturated carbocycles. The van der Waals surface area contributed by atoms with Gasteiger partial charge in [-0.25, -0.2) is 14.8 Å². The number of rotatable bonds is 4. The zero-order chi connectivity index (χ0) is 26.0. The van der Waals surface area contributed by atoms with Crippen LogP contribution in [0.5, 0.6) is 0 Å². The molecular formula is C26H31N7O3. The maximum Gasteiger partial charge on any atom is 0.410 e. The van der Waals surface area contributed by atoms with E-state index in [1.165, 1.54) is 4.90 Å². The lowest BCUT2D eigenvalue weighted by atomic mass is 10.1. The number of carbonyl (C=O) groups excluding carboxylic acids is 2. The zero-order valence-corrected chi connectivity index (χ0v) is 21.3. The third-order valence-corrected chi connectivity index (χ3v) is 6.04. The van der Waals surface area contributed by atoms with Crippen LogP contribution in [0.2, 0.25) is 0 Å². The van der Waals surface area contributed by atoms with Crippen molar-refractivity contribution in [3.63, 3.8) is 0 Å². The number of aromatic nitrogens is 2. The standard InChI is InChI=1S/C26H31N7O3/c1-6-33-20-10-8-7-9-19(20)29-22(33)18(13-27)21-16(2)14-28-24(30-21)31-23(34)17-11-12-32(15-17)25(35)36-26(3,4)5/h7-10,14,17,29H,6,11-12,15H2,1-5H3,(H,28,30,31,34)/b22-18+. The van der Waals surface area contributed by atoms with Crippen molar-refractivity contribution in [3.8, 4) is 6.07 Å². The van der Waals surface area contributed by atoms with E-state index < -0.39 is 17.6 Å². The number of likely N-dealkylation sites (tertiary alicyclic amines) is 1. The van der Waals surface area contributed by atoms with Crippen LogP contribution in [0, 0.1) is 24.2 Å². The molecule has 2 aliphatic heterocycles. The Balaban J connectivity index is 1.53. The molecule has 2 amide bonds. The summed E-state index contributed by atoms with van der Waals surface area (Å²) in [6.45, 7) is 10.6. The molecule has 0 radical (unpaired) electrons. The van der Waals surface area contributed by atoms with E-state index in [4.69, 9.17) is 4.74 Å². The third-order valence-electron chi connectivity index (χ3n) is 6.04. The molecule has 1 saturated heterocycles. The van der Waals surface area contributed by atoms with Crippen LogP contribution in [-0.4, -0.2) is 52.1 Å². The van der Waals surface area contributed by atoms with Crippen molar-refractivity contribution in [2.45, 2.75) is 46.6 Å². The first-order valence-electron chi connectivity index (χ1n) is 12.0. The van der Waals surface area contributed by atoms with Gasteiger partial charge in [-0.2, -0.15) is 5.26 Å². The van der Waals surface area contributed by atoms with Crippen molar-refractivity contribution >= 4 is 34.9 Å². The maximum absolute atomic E-state index is 12.9. The summed E-state index contributed by atoms with van der Waals surface area (Å²) in [6.07, 6.45) is 1.68. The number of nitriles is 1. The quantitative estimate of drug-likeness (QED) is 0.615. The van der Waals surface area contributed by atoms with Crippen LogP contribution in [0.3, 0.4) is 0 Å². The summed E-state index contributed by atoms with van der Waals surface area (Å²) < 4.78 is 5.41. The summed E-state index contributed by atoms with van der Waals surface area (Å²) >= 11 is 0. The lowest BCUT2D eigenvalue weighted by Crippen LogP contribution is -2.36. The van der Waals surface area contributed by atoms with Gasteiger partial charge in [0, 0.05) is 25.8 Å². The molecule has 1 aromatic carbocycles. The molecule has 0 spiro atoms. The van der Waals surface area contributed by atoms with E-state index in [2.05, 4.69) is 26.7 Å². The van der Waals surface area contributed by atoms with Crippen LogP contribution in [0.15, 0.2) is 36.3 Å². The summed E-state index contributed by atoms with van der Waals surface area (Å²) in [5, 5.41) is 16.2. The SMILES string of the molecule is CCN1/C(=C(\C#N)c2nc(NC(=O)C3CCN(C(=O)OC(C)(C)C)C3)ncc2C)Nc2ccccc21. The minimum Gasteiger partial charge on any atom is -0.444 e. The van der Waals surface area contributed by atoms with Gasteiger partial charge in [0.15, 0.2) is 0 Å². The Hall–Kier alpha value is -4.13. The minimum absolute atomic E-state index is 0.114. The van der Waals surface area contributed by atoms with Gasteiger partial charge >= 0.3 is 6.09 Å². The fourth-order valence-corrected chi connectivity index (χ4v) is 4.31. The van der Waals surface area contributed by atoms with Gasteiger partial charge in [-0.15, -0.1) is 0 Å². The number of nitrogens with one attached hydrogen (secondary N) is 2. The number of fused-ring (bicyclic) bond motifs is 1. The Bertz CT molecular complexity index is 1260. The number of hydrogen-bond donors (Lipinski definition) is 2. The van der Waals surface area contributed by atoms with Crippen molar-refractivity contribution < 1.29 is 14.3 Å². The first-order chi connectivity index (χ1) is 17.1. The maximum atomic E-state index is 12.9. The predicted octanol–water partition coefficient (Wildman–Crippen LogP) is 4.12. The van der Waals surface area contributed by atoms with Crippen LogP contribution in [0.25, 0.3) is 5.57 Å². The Labute approximate surface area is 211 Å². The highest BCUT2D eigenvalue weighted by atomic mass is 16.6. The lowest BCUT2D eigenvalue weighted by Gasteiger charge is -2.24. The van der Waals surface area contributed by atoms with Gasteiger partial charge in [0.25, 0.3) is 0 Å². The van der Waals surface area contributed by atoms with Gasteiger partial charge < -0.3 is 19.9 Å². The number of carbonyl (C=O) groups is 2. The molecule has 2 N–H and O–H groups in total. The highest BCUT2D eigenvalue weighted by molar-refractivity contribution is 5.93. The number of para-hydroxylation sites is 2. The molecule has 2 aromatic rings. The molecule has 10 heteroatoms. The topological polar surface area (TPSA) is 123 Å². The monoisotopic (exact) mass is 489 g/mol. The minimum atomic E-state index is -0.598. The average molecular weight is 490 g/mol. The molecule has 1 fully saturated rings. The molecule has 0 aliphatic carbocycles. The smallest absolute Gasteiger partial charge is 0.410 e. The number of ether oxygens (including phenoxy) is 1. The summed E-state index contributed by atoms with van der Waals surface area (Å²) in [4.78, 5) is 37.6. The van der Waals surface area contributed by atoms with Gasteiger partial charge in [0.2, 0.25) is 11.9 Å². The van der Waals surface area contributed by atoms with Crippen LogP contribution in [0.1, 0.15) is 45.4 Å². The Morgan fingerprint density at radius 3 is 2.75 bits per heavy atom. The number of benzene rings is 1. The fourth-order valence-electron chi connectivity index (χ4n) is 4.31. The normalized spacial score (nSPS) is 18.3. The second-order valence-corrected chi connectivity index (χ2v) is 9.85. The van der Waals surface area contributed by atoms with Crippen LogP contribution in [0.4, 0.5) is 22.1 Å². The summed E-state index contributed by atoms with van der Waals surface area (Å²) in [5.41, 5.74) is 2.82. The van der Waals surface area contributed by atoms with Gasteiger partial charge in [-0.05, 0) is 58.7 Å². The van der Waals surface area contributed by atoms with Crippen molar-refractivity contribution in [2.24, 2.45) is 5.92 Å². The van der Waals surface area contributed by atoms with Crippen molar-refractivity contribution in [2.75, 3.05) is 35.2 Å². The summed E-state index contributed by atoms with van der Waals surface area (Å²) in [5.74, 6) is 0.0807. The molecule has 4 rings (SSSR count). The van der Waals surface area contributed by atoms with Crippen molar-refractivity contribution in [1.82, 2.24) is 14.9 Å². The van der Waals surface area contributed by atoms with Gasteiger partial charge in [-0.1, -0.05) is 12.1 Å². The van der Waals surface area contributed by atoms with Crippen LogP contribution < -0.4 is 15.5 Å².